The average Bonchev–Trinajstić information content (AvgIpc) is 3.02. The van der Waals surface area contributed by atoms with E-state index in [1.165, 1.54) is 10.4 Å². The molecule has 148 valence electrons. The number of benzene rings is 2. The van der Waals surface area contributed by atoms with Crippen LogP contribution < -0.4 is 10.4 Å². The fourth-order valence-corrected chi connectivity index (χ4v) is 9.06. The SMILES string of the molecule is CC(C)(C)[Si](OCC[C@@H]1C[C@H]2OC(=O)[C@H]2O1)(c1ccccc1)c1ccccc1. The third kappa shape index (κ3) is 3.32. The third-order valence-corrected chi connectivity index (χ3v) is 10.9. The normalized spacial score (nSPS) is 24.4. The van der Waals surface area contributed by atoms with Crippen LogP contribution in [0.5, 0.6) is 0 Å². The van der Waals surface area contributed by atoms with Crippen molar-refractivity contribution in [1.29, 1.82) is 0 Å². The maximum atomic E-state index is 11.4. The molecule has 3 atom stereocenters. The van der Waals surface area contributed by atoms with Crippen molar-refractivity contribution in [2.75, 3.05) is 6.61 Å². The predicted molar refractivity (Wildman–Crippen MR) is 111 cm³/mol. The number of ether oxygens (including phenoxy) is 2. The van der Waals surface area contributed by atoms with Crippen molar-refractivity contribution in [3.63, 3.8) is 0 Å². The van der Waals surface area contributed by atoms with Gasteiger partial charge in [0.1, 0.15) is 6.10 Å². The Kier molecular flexibility index (Phi) is 5.16. The van der Waals surface area contributed by atoms with Crippen LogP contribution in [-0.4, -0.2) is 39.2 Å². The smallest absolute Gasteiger partial charge is 0.339 e. The van der Waals surface area contributed by atoms with Gasteiger partial charge in [-0.2, -0.15) is 0 Å². The lowest BCUT2D eigenvalue weighted by atomic mass is 10.1. The number of carbonyl (C=O) groups excluding carboxylic acids is 1. The Morgan fingerprint density at radius 2 is 1.57 bits per heavy atom. The van der Waals surface area contributed by atoms with Gasteiger partial charge in [0, 0.05) is 13.0 Å². The van der Waals surface area contributed by atoms with Gasteiger partial charge in [-0.3, -0.25) is 0 Å². The molecular formula is C23H28O4Si. The summed E-state index contributed by atoms with van der Waals surface area (Å²) in [6.45, 7) is 7.43. The first-order valence-corrected chi connectivity index (χ1v) is 11.9. The Hall–Kier alpha value is -1.95. The Morgan fingerprint density at radius 3 is 2.04 bits per heavy atom. The van der Waals surface area contributed by atoms with E-state index in [0.717, 1.165) is 12.8 Å². The van der Waals surface area contributed by atoms with Gasteiger partial charge in [0.15, 0.2) is 6.10 Å². The standard InChI is InChI=1S/C23H28O4Si/c1-23(2,3)28(18-10-6-4-7-11-18,19-12-8-5-9-13-19)25-15-14-17-16-20-21(26-17)22(24)27-20/h4-13,17,20-21H,14-16H2,1-3H3/t17-,20-,21+/m1/s1. The molecule has 2 aromatic rings. The van der Waals surface area contributed by atoms with Crippen LogP contribution in [0.3, 0.4) is 0 Å². The quantitative estimate of drug-likeness (QED) is 0.556. The molecule has 4 nitrogen and oxygen atoms in total. The summed E-state index contributed by atoms with van der Waals surface area (Å²) in [6, 6.07) is 21.3. The monoisotopic (exact) mass is 396 g/mol. The molecule has 2 aromatic carbocycles. The lowest BCUT2D eigenvalue weighted by Crippen LogP contribution is -2.66. The molecule has 2 aliphatic heterocycles. The number of carbonyl (C=O) groups is 1. The number of hydrogen-bond donors (Lipinski definition) is 0. The molecule has 0 aliphatic carbocycles. The van der Waals surface area contributed by atoms with Crippen molar-refractivity contribution in [3.8, 4) is 0 Å². The molecule has 0 radical (unpaired) electrons. The molecule has 0 saturated carbocycles. The van der Waals surface area contributed by atoms with E-state index < -0.39 is 8.32 Å². The van der Waals surface area contributed by atoms with Gasteiger partial charge in [-0.15, -0.1) is 0 Å². The zero-order valence-electron chi connectivity index (χ0n) is 16.8. The van der Waals surface area contributed by atoms with Crippen LogP contribution in [0.2, 0.25) is 5.04 Å². The Labute approximate surface area is 167 Å². The van der Waals surface area contributed by atoms with Crippen LogP contribution in [0.4, 0.5) is 0 Å². The van der Waals surface area contributed by atoms with Gasteiger partial charge in [-0.25, -0.2) is 4.79 Å². The first-order valence-electron chi connectivity index (χ1n) is 10.0. The molecule has 0 unspecified atom stereocenters. The number of esters is 1. The van der Waals surface area contributed by atoms with E-state index in [4.69, 9.17) is 13.9 Å². The second-order valence-corrected chi connectivity index (χ2v) is 13.0. The molecule has 28 heavy (non-hydrogen) atoms. The van der Waals surface area contributed by atoms with Crippen molar-refractivity contribution >= 4 is 24.7 Å². The average molecular weight is 397 g/mol. The summed E-state index contributed by atoms with van der Waals surface area (Å²) >= 11 is 0. The maximum absolute atomic E-state index is 11.4. The van der Waals surface area contributed by atoms with E-state index in [9.17, 15) is 4.79 Å². The molecule has 4 rings (SSSR count). The van der Waals surface area contributed by atoms with Crippen molar-refractivity contribution in [2.45, 2.75) is 57.0 Å². The molecule has 2 aliphatic rings. The summed E-state index contributed by atoms with van der Waals surface area (Å²) in [7, 11) is -2.51. The maximum Gasteiger partial charge on any atom is 0.339 e. The molecule has 0 bridgehead atoms. The second kappa shape index (κ2) is 7.47. The predicted octanol–water partition coefficient (Wildman–Crippen LogP) is 3.04. The van der Waals surface area contributed by atoms with Gasteiger partial charge in [0.2, 0.25) is 0 Å². The molecule has 2 saturated heterocycles. The van der Waals surface area contributed by atoms with Crippen molar-refractivity contribution in [2.24, 2.45) is 0 Å². The summed E-state index contributed by atoms with van der Waals surface area (Å²) < 4.78 is 17.9. The molecule has 0 amide bonds. The summed E-state index contributed by atoms with van der Waals surface area (Å²) in [6.07, 6.45) is 1.18. The van der Waals surface area contributed by atoms with E-state index >= 15 is 0 Å². The fraction of sp³-hybridized carbons (Fsp3) is 0.435. The summed E-state index contributed by atoms with van der Waals surface area (Å²) in [5.41, 5.74) is 0. The fourth-order valence-electron chi connectivity index (χ4n) is 4.49. The second-order valence-electron chi connectivity index (χ2n) is 8.69. The zero-order valence-corrected chi connectivity index (χ0v) is 17.8. The van der Waals surface area contributed by atoms with E-state index in [-0.39, 0.29) is 29.3 Å². The van der Waals surface area contributed by atoms with Crippen LogP contribution in [0.15, 0.2) is 60.7 Å². The highest BCUT2D eigenvalue weighted by atomic mass is 28.4. The highest BCUT2D eigenvalue weighted by Gasteiger charge is 2.52. The van der Waals surface area contributed by atoms with Crippen molar-refractivity contribution < 1.29 is 18.7 Å². The highest BCUT2D eigenvalue weighted by Crippen LogP contribution is 2.38. The van der Waals surface area contributed by atoms with Crippen LogP contribution in [0.25, 0.3) is 0 Å². The van der Waals surface area contributed by atoms with Gasteiger partial charge >= 0.3 is 5.97 Å². The van der Waals surface area contributed by atoms with Gasteiger partial charge in [0.05, 0.1) is 6.10 Å². The molecule has 2 heterocycles. The van der Waals surface area contributed by atoms with Crippen LogP contribution >= 0.6 is 0 Å². The molecule has 0 aromatic heterocycles. The Bertz CT molecular complexity index is 776. The summed E-state index contributed by atoms with van der Waals surface area (Å²) in [5, 5.41) is 2.52. The van der Waals surface area contributed by atoms with E-state index in [1.54, 1.807) is 0 Å². The van der Waals surface area contributed by atoms with Crippen LogP contribution in [0.1, 0.15) is 33.6 Å². The van der Waals surface area contributed by atoms with Crippen molar-refractivity contribution in [3.05, 3.63) is 60.7 Å². The van der Waals surface area contributed by atoms with E-state index in [2.05, 4.69) is 81.4 Å². The van der Waals surface area contributed by atoms with Crippen LogP contribution in [-0.2, 0) is 18.7 Å². The highest BCUT2D eigenvalue weighted by molar-refractivity contribution is 6.99. The third-order valence-electron chi connectivity index (χ3n) is 5.85. The minimum absolute atomic E-state index is 0.0275. The lowest BCUT2D eigenvalue weighted by molar-refractivity contribution is -0.191. The van der Waals surface area contributed by atoms with E-state index in [0.29, 0.717) is 6.61 Å². The zero-order chi connectivity index (χ0) is 19.8. The van der Waals surface area contributed by atoms with E-state index in [1.807, 2.05) is 0 Å². The Balaban J connectivity index is 1.59. The minimum atomic E-state index is -2.51. The van der Waals surface area contributed by atoms with Gasteiger partial charge in [-0.05, 0) is 21.8 Å². The summed E-state index contributed by atoms with van der Waals surface area (Å²) in [5.74, 6) is -0.222. The Morgan fingerprint density at radius 1 is 1.00 bits per heavy atom. The topological polar surface area (TPSA) is 44.8 Å². The molecule has 0 N–H and O–H groups in total. The lowest BCUT2D eigenvalue weighted by Gasteiger charge is -2.43. The number of fused-ring (bicyclic) bond motifs is 1. The molecular weight excluding hydrogens is 368 g/mol. The molecule has 5 heteroatoms. The number of rotatable bonds is 6. The molecule has 2 fully saturated rings. The summed E-state index contributed by atoms with van der Waals surface area (Å²) in [4.78, 5) is 11.4. The first kappa shape index (κ1) is 19.4. The number of hydrogen-bond acceptors (Lipinski definition) is 4. The van der Waals surface area contributed by atoms with Crippen molar-refractivity contribution in [1.82, 2.24) is 0 Å². The van der Waals surface area contributed by atoms with Gasteiger partial charge < -0.3 is 13.9 Å². The molecule has 0 spiro atoms. The van der Waals surface area contributed by atoms with Gasteiger partial charge in [-0.1, -0.05) is 81.4 Å². The first-order chi connectivity index (χ1) is 13.4. The minimum Gasteiger partial charge on any atom is -0.457 e. The van der Waals surface area contributed by atoms with Crippen LogP contribution in [0, 0.1) is 0 Å². The largest absolute Gasteiger partial charge is 0.457 e. The van der Waals surface area contributed by atoms with Gasteiger partial charge in [0.25, 0.3) is 8.32 Å².